The van der Waals surface area contributed by atoms with E-state index in [-0.39, 0.29) is 17.6 Å². The molecule has 2 aromatic carbocycles. The molecule has 0 bridgehead atoms. The van der Waals surface area contributed by atoms with Gasteiger partial charge >= 0.3 is 0 Å². The first-order valence-electron chi connectivity index (χ1n) is 8.61. The largest absolute Gasteiger partial charge is 0.493 e. The molecule has 0 spiro atoms. The van der Waals surface area contributed by atoms with Gasteiger partial charge in [-0.05, 0) is 42.2 Å². The van der Waals surface area contributed by atoms with E-state index < -0.39 is 0 Å². The van der Waals surface area contributed by atoms with Crippen molar-refractivity contribution in [1.29, 1.82) is 0 Å². The van der Waals surface area contributed by atoms with Crippen molar-refractivity contribution in [1.82, 2.24) is 0 Å². The Morgan fingerprint density at radius 2 is 1.54 bits per heavy atom. The molecule has 2 unspecified atom stereocenters. The Hall–Kier alpha value is -2.69. The van der Waals surface area contributed by atoms with E-state index in [9.17, 15) is 4.79 Å². The summed E-state index contributed by atoms with van der Waals surface area (Å²) in [6, 6.07) is 11.9. The van der Waals surface area contributed by atoms with E-state index in [1.807, 2.05) is 14.1 Å². The number of anilines is 1. The van der Waals surface area contributed by atoms with E-state index in [4.69, 9.17) is 14.2 Å². The van der Waals surface area contributed by atoms with Gasteiger partial charge in [-0.25, -0.2) is 0 Å². The molecule has 0 radical (unpaired) electrons. The highest BCUT2D eigenvalue weighted by atomic mass is 16.5. The highest BCUT2D eigenvalue weighted by Crippen LogP contribution is 2.50. The number of nitrogens with zero attached hydrogens (tertiary/aromatic N) is 1. The molecular formula is C21H25NO4. The summed E-state index contributed by atoms with van der Waals surface area (Å²) in [5.74, 6) is 1.90. The van der Waals surface area contributed by atoms with Crippen molar-refractivity contribution >= 4 is 11.5 Å². The molecule has 0 heterocycles. The SMILES string of the molecule is COc1cc(C(=O)C2CC2c2ccc(N(C)C)cc2)cc(OC)c1OC. The molecule has 2 atom stereocenters. The van der Waals surface area contributed by atoms with Crippen LogP contribution in [0.3, 0.4) is 0 Å². The number of ketones is 1. The molecule has 2 aromatic rings. The predicted molar refractivity (Wildman–Crippen MR) is 102 cm³/mol. The maximum atomic E-state index is 12.9. The molecule has 138 valence electrons. The van der Waals surface area contributed by atoms with Crippen molar-refractivity contribution in [3.8, 4) is 17.2 Å². The Balaban J connectivity index is 1.80. The molecule has 0 N–H and O–H groups in total. The van der Waals surface area contributed by atoms with Crippen LogP contribution >= 0.6 is 0 Å². The predicted octanol–water partition coefficient (Wildman–Crippen LogP) is 3.76. The third-order valence-electron chi connectivity index (χ3n) is 4.91. The van der Waals surface area contributed by atoms with E-state index in [0.717, 1.165) is 12.1 Å². The fraction of sp³-hybridized carbons (Fsp3) is 0.381. The maximum absolute atomic E-state index is 12.9. The summed E-state index contributed by atoms with van der Waals surface area (Å²) >= 11 is 0. The fourth-order valence-electron chi connectivity index (χ4n) is 3.31. The van der Waals surface area contributed by atoms with Gasteiger partial charge in [0, 0.05) is 31.3 Å². The lowest BCUT2D eigenvalue weighted by Gasteiger charge is -2.14. The molecule has 3 rings (SSSR count). The molecule has 0 aliphatic heterocycles. The molecule has 1 fully saturated rings. The second-order valence-electron chi connectivity index (χ2n) is 6.71. The zero-order valence-corrected chi connectivity index (χ0v) is 15.9. The van der Waals surface area contributed by atoms with Crippen LogP contribution in [0.2, 0.25) is 0 Å². The van der Waals surface area contributed by atoms with E-state index in [1.54, 1.807) is 33.5 Å². The lowest BCUT2D eigenvalue weighted by Crippen LogP contribution is -2.08. The fourth-order valence-corrected chi connectivity index (χ4v) is 3.31. The molecule has 0 saturated heterocycles. The lowest BCUT2D eigenvalue weighted by molar-refractivity contribution is 0.0964. The van der Waals surface area contributed by atoms with Crippen LogP contribution in [0.5, 0.6) is 17.2 Å². The Morgan fingerprint density at radius 1 is 0.962 bits per heavy atom. The molecule has 1 aliphatic carbocycles. The van der Waals surface area contributed by atoms with Gasteiger partial charge in [0.1, 0.15) is 0 Å². The molecule has 0 aromatic heterocycles. The number of hydrogen-bond donors (Lipinski definition) is 0. The van der Waals surface area contributed by atoms with Crippen LogP contribution in [0.25, 0.3) is 0 Å². The maximum Gasteiger partial charge on any atom is 0.203 e. The first-order valence-corrected chi connectivity index (χ1v) is 8.61. The molecule has 0 amide bonds. The summed E-state index contributed by atoms with van der Waals surface area (Å²) in [4.78, 5) is 15.0. The minimum atomic E-state index is 0.00279. The van der Waals surface area contributed by atoms with Crippen LogP contribution in [0, 0.1) is 5.92 Å². The normalized spacial score (nSPS) is 18.2. The number of carbonyl (C=O) groups excluding carboxylic acids is 1. The third-order valence-corrected chi connectivity index (χ3v) is 4.91. The lowest BCUT2D eigenvalue weighted by atomic mass is 10.0. The monoisotopic (exact) mass is 355 g/mol. The molecule has 26 heavy (non-hydrogen) atoms. The summed E-state index contributed by atoms with van der Waals surface area (Å²) < 4.78 is 16.0. The van der Waals surface area contributed by atoms with Crippen LogP contribution in [-0.2, 0) is 0 Å². The first kappa shape index (κ1) is 18.1. The van der Waals surface area contributed by atoms with Crippen LogP contribution in [-0.4, -0.2) is 41.2 Å². The number of rotatable bonds is 7. The van der Waals surface area contributed by atoms with Gasteiger partial charge in [-0.2, -0.15) is 0 Å². The van der Waals surface area contributed by atoms with Crippen molar-refractivity contribution in [3.05, 3.63) is 47.5 Å². The molecular weight excluding hydrogens is 330 g/mol. The standard InChI is InChI=1S/C21H25NO4/c1-22(2)15-8-6-13(7-9-15)16-12-17(16)20(23)14-10-18(24-3)21(26-5)19(11-14)25-4/h6-11,16-17H,12H2,1-5H3. The van der Waals surface area contributed by atoms with Crippen molar-refractivity contribution in [2.75, 3.05) is 40.3 Å². The average Bonchev–Trinajstić information content (AvgIpc) is 3.46. The number of ether oxygens (including phenoxy) is 3. The summed E-state index contributed by atoms with van der Waals surface area (Å²) in [6.45, 7) is 0. The number of benzene rings is 2. The van der Waals surface area contributed by atoms with Crippen LogP contribution in [0.4, 0.5) is 5.69 Å². The zero-order chi connectivity index (χ0) is 18.8. The van der Waals surface area contributed by atoms with Crippen molar-refractivity contribution in [3.63, 3.8) is 0 Å². The van der Waals surface area contributed by atoms with Crippen molar-refractivity contribution in [2.24, 2.45) is 5.92 Å². The number of hydrogen-bond acceptors (Lipinski definition) is 5. The van der Waals surface area contributed by atoms with Crippen LogP contribution < -0.4 is 19.1 Å². The molecule has 5 nitrogen and oxygen atoms in total. The number of carbonyl (C=O) groups is 1. The number of methoxy groups -OCH3 is 3. The molecule has 1 aliphatic rings. The van der Waals surface area contributed by atoms with Gasteiger partial charge in [0.25, 0.3) is 0 Å². The van der Waals surface area contributed by atoms with Gasteiger partial charge in [0.15, 0.2) is 17.3 Å². The average molecular weight is 355 g/mol. The van der Waals surface area contributed by atoms with Crippen LogP contribution in [0.1, 0.15) is 28.3 Å². The van der Waals surface area contributed by atoms with Crippen molar-refractivity contribution in [2.45, 2.75) is 12.3 Å². The van der Waals surface area contributed by atoms with Gasteiger partial charge in [0.2, 0.25) is 5.75 Å². The second-order valence-corrected chi connectivity index (χ2v) is 6.71. The summed E-state index contributed by atoms with van der Waals surface area (Å²) in [7, 11) is 8.69. The van der Waals surface area contributed by atoms with E-state index >= 15 is 0 Å². The first-order chi connectivity index (χ1) is 12.5. The zero-order valence-electron chi connectivity index (χ0n) is 15.9. The van der Waals surface area contributed by atoms with Crippen molar-refractivity contribution < 1.29 is 19.0 Å². The minimum Gasteiger partial charge on any atom is -0.493 e. The Morgan fingerprint density at radius 3 is 2.00 bits per heavy atom. The highest BCUT2D eigenvalue weighted by molar-refractivity contribution is 6.01. The highest BCUT2D eigenvalue weighted by Gasteiger charge is 2.44. The van der Waals surface area contributed by atoms with Gasteiger partial charge in [-0.3, -0.25) is 4.79 Å². The minimum absolute atomic E-state index is 0.00279. The van der Waals surface area contributed by atoms with E-state index in [0.29, 0.717) is 22.8 Å². The topological polar surface area (TPSA) is 48.0 Å². The third kappa shape index (κ3) is 3.34. The van der Waals surface area contributed by atoms with Gasteiger partial charge < -0.3 is 19.1 Å². The Labute approximate surface area is 154 Å². The number of Topliss-reactive ketones (excluding diaryl/α,β-unsaturated/α-hetero) is 1. The summed E-state index contributed by atoms with van der Waals surface area (Å²) in [5.41, 5.74) is 2.96. The van der Waals surface area contributed by atoms with E-state index in [1.165, 1.54) is 5.56 Å². The summed E-state index contributed by atoms with van der Waals surface area (Å²) in [5, 5.41) is 0. The van der Waals surface area contributed by atoms with Crippen LogP contribution in [0.15, 0.2) is 36.4 Å². The van der Waals surface area contributed by atoms with Gasteiger partial charge in [0.05, 0.1) is 21.3 Å². The van der Waals surface area contributed by atoms with Gasteiger partial charge in [-0.15, -0.1) is 0 Å². The van der Waals surface area contributed by atoms with E-state index in [2.05, 4.69) is 29.2 Å². The molecule has 5 heteroatoms. The summed E-state index contributed by atoms with van der Waals surface area (Å²) in [6.07, 6.45) is 0.872. The smallest absolute Gasteiger partial charge is 0.203 e. The quantitative estimate of drug-likeness (QED) is 0.708. The Kier molecular flexibility index (Phi) is 5.07. The second kappa shape index (κ2) is 7.28. The van der Waals surface area contributed by atoms with Gasteiger partial charge in [-0.1, -0.05) is 12.1 Å². The molecule has 1 saturated carbocycles. The Bertz CT molecular complexity index is 773.